The van der Waals surface area contributed by atoms with Gasteiger partial charge in [0.05, 0.1) is 18.9 Å². The van der Waals surface area contributed by atoms with Gasteiger partial charge in [0.15, 0.2) is 0 Å². The van der Waals surface area contributed by atoms with Gasteiger partial charge in [-0.2, -0.15) is 22.0 Å². The predicted molar refractivity (Wildman–Crippen MR) is 162 cm³/mol. The van der Waals surface area contributed by atoms with Crippen molar-refractivity contribution in [2.24, 2.45) is 40.2 Å². The number of nitrogens with zero attached hydrogens (tertiary/aromatic N) is 2. The fourth-order valence-corrected chi connectivity index (χ4v) is 10.4. The number of hydrogen-bond acceptors (Lipinski definition) is 6. The van der Waals surface area contributed by atoms with E-state index >= 15 is 0 Å². The maximum Gasteiger partial charge on any atom is 0.453 e. The minimum absolute atomic E-state index is 0.192. The summed E-state index contributed by atoms with van der Waals surface area (Å²) in [5.41, 5.74) is 3.01. The summed E-state index contributed by atoms with van der Waals surface area (Å²) in [7, 11) is -1.50. The van der Waals surface area contributed by atoms with Crippen LogP contribution >= 0.6 is 0 Å². The van der Waals surface area contributed by atoms with Gasteiger partial charge in [0, 0.05) is 59.1 Å². The number of amides is 1. The molecular formula is C33H43F5N2O5S. The summed E-state index contributed by atoms with van der Waals surface area (Å²) in [6, 6.07) is 5.93. The molecule has 1 N–H and O–H groups in total. The fraction of sp³-hybridized carbons (Fsp3) is 0.758. The van der Waals surface area contributed by atoms with Crippen LogP contribution in [0.3, 0.4) is 0 Å². The molecule has 0 spiro atoms. The molecule has 1 amide bonds. The van der Waals surface area contributed by atoms with Crippen LogP contribution in [0.2, 0.25) is 0 Å². The number of ether oxygens (including phenoxy) is 2. The number of carbonyl (C=O) groups is 1. The highest BCUT2D eigenvalue weighted by molar-refractivity contribution is 7.84. The van der Waals surface area contributed by atoms with Gasteiger partial charge in [-0.05, 0) is 98.3 Å². The summed E-state index contributed by atoms with van der Waals surface area (Å²) < 4.78 is 88.1. The van der Waals surface area contributed by atoms with Gasteiger partial charge in [-0.15, -0.1) is 0 Å². The lowest BCUT2D eigenvalue weighted by Crippen LogP contribution is -2.46. The van der Waals surface area contributed by atoms with Crippen molar-refractivity contribution in [2.45, 2.75) is 82.7 Å². The summed E-state index contributed by atoms with van der Waals surface area (Å²) >= 11 is 0. The van der Waals surface area contributed by atoms with Crippen LogP contribution in [-0.4, -0.2) is 76.0 Å². The zero-order chi connectivity index (χ0) is 32.9. The minimum Gasteiger partial charge on any atom is -0.411 e. The fourth-order valence-electron chi connectivity index (χ4n) is 9.27. The summed E-state index contributed by atoms with van der Waals surface area (Å²) in [6.45, 7) is 4.79. The zero-order valence-corrected chi connectivity index (χ0v) is 26.9. The van der Waals surface area contributed by atoms with Crippen molar-refractivity contribution >= 4 is 22.6 Å². The maximum absolute atomic E-state index is 13.3. The summed E-state index contributed by atoms with van der Waals surface area (Å²) in [4.78, 5) is 14.8. The quantitative estimate of drug-likeness (QED) is 0.170. The molecule has 4 fully saturated rings. The first-order valence-electron chi connectivity index (χ1n) is 16.5. The number of oxime groups is 1. The highest BCUT2D eigenvalue weighted by Gasteiger charge is 2.57. The van der Waals surface area contributed by atoms with Crippen molar-refractivity contribution in [1.29, 1.82) is 0 Å². The molecule has 0 bridgehead atoms. The molecule has 2 saturated carbocycles. The first-order chi connectivity index (χ1) is 21.8. The van der Waals surface area contributed by atoms with Crippen LogP contribution in [0.5, 0.6) is 5.75 Å². The van der Waals surface area contributed by atoms with Crippen molar-refractivity contribution in [3.63, 3.8) is 0 Å². The Kier molecular flexibility index (Phi) is 9.48. The van der Waals surface area contributed by atoms with E-state index < -0.39 is 35.7 Å². The van der Waals surface area contributed by atoms with Crippen molar-refractivity contribution in [3.8, 4) is 5.75 Å². The van der Waals surface area contributed by atoms with Gasteiger partial charge < -0.3 is 19.6 Å². The smallest absolute Gasteiger partial charge is 0.411 e. The Balaban J connectivity index is 1.13. The lowest BCUT2D eigenvalue weighted by Gasteiger charge is -2.52. The van der Waals surface area contributed by atoms with E-state index in [4.69, 9.17) is 9.47 Å². The van der Waals surface area contributed by atoms with Gasteiger partial charge in [-0.1, -0.05) is 18.1 Å². The maximum atomic E-state index is 13.3. The zero-order valence-electron chi connectivity index (χ0n) is 26.1. The van der Waals surface area contributed by atoms with E-state index in [1.54, 1.807) is 4.90 Å². The molecule has 8 atom stereocenters. The number of halogens is 5. The number of likely N-dealkylation sites (tertiary alicyclic amines) is 1. The van der Waals surface area contributed by atoms with Gasteiger partial charge in [0.1, 0.15) is 5.75 Å². The Labute approximate surface area is 268 Å². The van der Waals surface area contributed by atoms with Crippen LogP contribution in [0.15, 0.2) is 23.4 Å². The molecule has 6 rings (SSSR count). The topological polar surface area (TPSA) is 88.4 Å². The molecule has 1 aromatic carbocycles. The van der Waals surface area contributed by atoms with E-state index in [1.165, 1.54) is 5.56 Å². The van der Waals surface area contributed by atoms with E-state index in [0.29, 0.717) is 62.1 Å². The van der Waals surface area contributed by atoms with E-state index in [0.717, 1.165) is 49.8 Å². The van der Waals surface area contributed by atoms with E-state index in [-0.39, 0.29) is 34.8 Å². The van der Waals surface area contributed by atoms with Gasteiger partial charge >= 0.3 is 18.2 Å². The second-order valence-corrected chi connectivity index (χ2v) is 16.0. The molecule has 46 heavy (non-hydrogen) atoms. The van der Waals surface area contributed by atoms with E-state index in [2.05, 4.69) is 18.1 Å². The van der Waals surface area contributed by atoms with Crippen LogP contribution in [0.1, 0.15) is 75.3 Å². The molecule has 5 aliphatic rings. The van der Waals surface area contributed by atoms with Gasteiger partial charge in [-0.3, -0.25) is 4.21 Å². The normalized spacial score (nSPS) is 33.8. The monoisotopic (exact) mass is 674 g/mol. The van der Waals surface area contributed by atoms with Crippen LogP contribution in [0.25, 0.3) is 0 Å². The summed E-state index contributed by atoms with van der Waals surface area (Å²) in [5.74, 6) is -2.44. The van der Waals surface area contributed by atoms with Crippen LogP contribution in [0.4, 0.5) is 26.7 Å². The molecule has 1 aromatic rings. The Morgan fingerprint density at radius 2 is 1.85 bits per heavy atom. The minimum atomic E-state index is -5.60. The molecule has 2 heterocycles. The number of benzene rings is 1. The Hall–Kier alpha value is -2.28. The molecule has 3 unspecified atom stereocenters. The second kappa shape index (κ2) is 13.0. The Bertz CT molecular complexity index is 1350. The lowest BCUT2D eigenvalue weighted by molar-refractivity contribution is -0.284. The Morgan fingerprint density at radius 1 is 1.13 bits per heavy atom. The molecule has 7 nitrogen and oxygen atoms in total. The molecular weight excluding hydrogens is 631 g/mol. The average Bonchev–Trinajstić information content (AvgIpc) is 3.69. The number of carbonyl (C=O) groups excluding carboxylic acids is 1. The first-order valence-corrected chi connectivity index (χ1v) is 18.0. The van der Waals surface area contributed by atoms with Gasteiger partial charge in [-0.25, -0.2) is 4.79 Å². The predicted octanol–water partition coefficient (Wildman–Crippen LogP) is 7.18. The lowest BCUT2D eigenvalue weighted by atomic mass is 9.52. The molecule has 2 aliphatic heterocycles. The average molecular weight is 675 g/mol. The summed E-state index contributed by atoms with van der Waals surface area (Å²) in [6.07, 6.45) is -2.28. The third-order valence-electron chi connectivity index (χ3n) is 11.7. The largest absolute Gasteiger partial charge is 0.453 e. The molecule has 13 heteroatoms. The molecule has 256 valence electrons. The first kappa shape index (κ1) is 33.6. The van der Waals surface area contributed by atoms with Crippen LogP contribution in [-0.2, 0) is 22.0 Å². The van der Waals surface area contributed by atoms with Crippen molar-refractivity contribution in [1.82, 2.24) is 4.90 Å². The van der Waals surface area contributed by atoms with Crippen molar-refractivity contribution in [3.05, 3.63) is 29.3 Å². The van der Waals surface area contributed by atoms with Crippen LogP contribution in [0, 0.1) is 35.0 Å². The van der Waals surface area contributed by atoms with E-state index in [1.807, 2.05) is 12.1 Å². The molecule has 0 radical (unpaired) electrons. The van der Waals surface area contributed by atoms with Gasteiger partial charge in [0.2, 0.25) is 0 Å². The van der Waals surface area contributed by atoms with Crippen LogP contribution < -0.4 is 4.74 Å². The standard InChI is InChI=1S/C33H43F5N2O5S/c1-31-11-9-26-25-6-5-24(45-30(41)40-16-22-18-44-19-23(22)17-40)15-21(25)14-20(29(26)27(31)7-8-28(31)39-42)4-2-12-46(43)13-3-10-32(34,35)33(36,37)38/h5-6,15,20,22-23,26-27,29,42H,2-4,7-14,16-19H2,1H3/b39-28-/t20-,22?,23?,26-,27+,29-,31+,46?/m1/s1. The third-order valence-corrected chi connectivity index (χ3v) is 13.2. The number of fused-ring (bicyclic) bond motifs is 6. The van der Waals surface area contributed by atoms with Gasteiger partial charge in [0.25, 0.3) is 0 Å². The number of rotatable bonds is 9. The molecule has 3 aliphatic carbocycles. The highest BCUT2D eigenvalue weighted by Crippen LogP contribution is 2.62. The Morgan fingerprint density at radius 3 is 2.54 bits per heavy atom. The highest BCUT2D eigenvalue weighted by atomic mass is 32.2. The summed E-state index contributed by atoms with van der Waals surface area (Å²) in [5, 5.41) is 13.5. The number of alkyl halides is 5. The SMILES string of the molecule is C[C@]12CC[C@@H]3c4ccc(OC(=O)N5CC6COCC6C5)cc4C[C@@H](CCCS(=O)CCCC(F)(F)C(F)(F)F)[C@H]3[C@@H]1CC/C2=N/O. The third kappa shape index (κ3) is 6.43. The number of hydrogen-bond donors (Lipinski definition) is 1. The molecule has 0 aromatic heterocycles. The second-order valence-electron chi connectivity index (χ2n) is 14.3. The van der Waals surface area contributed by atoms with Crippen molar-refractivity contribution in [2.75, 3.05) is 37.8 Å². The molecule has 2 saturated heterocycles. The van der Waals surface area contributed by atoms with Crippen molar-refractivity contribution < 1.29 is 45.6 Å². The van der Waals surface area contributed by atoms with E-state index in [9.17, 15) is 36.2 Å².